The lowest BCUT2D eigenvalue weighted by atomic mass is 10.1. The third-order valence-electron chi connectivity index (χ3n) is 2.93. The van der Waals surface area contributed by atoms with Crippen molar-refractivity contribution in [3.63, 3.8) is 0 Å². The second-order valence-corrected chi connectivity index (χ2v) is 4.65. The van der Waals surface area contributed by atoms with Crippen LogP contribution in [0.5, 0.6) is 5.75 Å². The molecule has 2 heterocycles. The number of rotatable bonds is 3. The van der Waals surface area contributed by atoms with Gasteiger partial charge in [0.1, 0.15) is 6.33 Å². The smallest absolute Gasteiger partial charge is 0.198 e. The lowest BCUT2D eigenvalue weighted by Gasteiger charge is -2.30. The molecule has 0 amide bonds. The van der Waals surface area contributed by atoms with Gasteiger partial charge in [0.25, 0.3) is 0 Å². The van der Waals surface area contributed by atoms with Crippen LogP contribution in [0.25, 0.3) is 0 Å². The molecule has 1 aliphatic rings. The molecule has 2 rings (SSSR count). The summed E-state index contributed by atoms with van der Waals surface area (Å²) in [5.74, 6) is 1.19. The highest BCUT2D eigenvalue weighted by Gasteiger charge is 2.19. The number of nitrogens with zero attached hydrogens (tertiary/aromatic N) is 3. The fourth-order valence-corrected chi connectivity index (χ4v) is 2.32. The second kappa shape index (κ2) is 5.51. The molecule has 1 fully saturated rings. The zero-order valence-corrected chi connectivity index (χ0v) is 10.9. The van der Waals surface area contributed by atoms with Crippen molar-refractivity contribution in [2.45, 2.75) is 18.9 Å². The van der Waals surface area contributed by atoms with Crippen molar-refractivity contribution < 1.29 is 4.74 Å². The average molecular weight is 257 g/mol. The number of aromatic nitrogens is 2. The van der Waals surface area contributed by atoms with E-state index in [0.717, 1.165) is 19.5 Å². The Hall–Kier alpha value is -1.07. The minimum Gasteiger partial charge on any atom is -0.490 e. The first kappa shape index (κ1) is 12.4. The molecule has 1 aliphatic heterocycles. The van der Waals surface area contributed by atoms with Crippen molar-refractivity contribution in [3.05, 3.63) is 11.5 Å². The molecule has 0 aromatic carbocycles. The van der Waals surface area contributed by atoms with E-state index in [0.29, 0.717) is 22.8 Å². The summed E-state index contributed by atoms with van der Waals surface area (Å²) in [5.41, 5.74) is 0. The number of likely N-dealkylation sites (N-methyl/N-ethyl adjacent to an activating group) is 1. The van der Waals surface area contributed by atoms with Crippen LogP contribution in [-0.2, 0) is 0 Å². The molecule has 1 unspecified atom stereocenters. The number of halogens is 1. The number of hydrogen-bond donors (Lipinski definition) is 1. The van der Waals surface area contributed by atoms with Crippen molar-refractivity contribution in [1.29, 1.82) is 0 Å². The number of piperidine rings is 1. The molecule has 0 aliphatic carbocycles. The largest absolute Gasteiger partial charge is 0.490 e. The summed E-state index contributed by atoms with van der Waals surface area (Å²) in [7, 11) is 3.70. The van der Waals surface area contributed by atoms with Crippen molar-refractivity contribution >= 4 is 17.4 Å². The van der Waals surface area contributed by atoms with Crippen LogP contribution in [0.2, 0.25) is 5.15 Å². The zero-order chi connectivity index (χ0) is 12.3. The van der Waals surface area contributed by atoms with E-state index in [-0.39, 0.29) is 0 Å². The molecular weight excluding hydrogens is 240 g/mol. The van der Waals surface area contributed by atoms with Crippen LogP contribution < -0.4 is 10.1 Å². The van der Waals surface area contributed by atoms with Gasteiger partial charge in [-0.15, -0.1) is 0 Å². The third-order valence-corrected chi connectivity index (χ3v) is 3.20. The highest BCUT2D eigenvalue weighted by atomic mass is 35.5. The molecule has 1 aromatic rings. The number of ether oxygens (including phenoxy) is 1. The van der Waals surface area contributed by atoms with Crippen LogP contribution in [0.4, 0.5) is 5.82 Å². The average Bonchev–Trinajstić information content (AvgIpc) is 2.29. The van der Waals surface area contributed by atoms with Gasteiger partial charge < -0.3 is 15.0 Å². The Kier molecular flexibility index (Phi) is 4.02. The van der Waals surface area contributed by atoms with E-state index < -0.39 is 0 Å². The third kappa shape index (κ3) is 2.98. The Morgan fingerprint density at radius 3 is 3.06 bits per heavy atom. The molecule has 0 bridgehead atoms. The van der Waals surface area contributed by atoms with E-state index >= 15 is 0 Å². The maximum Gasteiger partial charge on any atom is 0.198 e. The predicted molar refractivity (Wildman–Crippen MR) is 67.7 cm³/mol. The fraction of sp³-hybridized carbons (Fsp3) is 0.636. The topological polar surface area (TPSA) is 50.3 Å². The SMILES string of the molecule is COc1c(Cl)ncnc1NC1CCCN(C)C1. The summed E-state index contributed by atoms with van der Waals surface area (Å²) in [6.07, 6.45) is 3.77. The van der Waals surface area contributed by atoms with Crippen LogP contribution in [0.3, 0.4) is 0 Å². The Morgan fingerprint density at radius 2 is 2.35 bits per heavy atom. The summed E-state index contributed by atoms with van der Waals surface area (Å²) >= 11 is 5.95. The molecule has 0 spiro atoms. The van der Waals surface area contributed by atoms with Crippen LogP contribution >= 0.6 is 11.6 Å². The summed E-state index contributed by atoms with van der Waals surface area (Å²) in [5, 5.41) is 3.71. The molecule has 17 heavy (non-hydrogen) atoms. The normalized spacial score (nSPS) is 21.2. The van der Waals surface area contributed by atoms with Crippen molar-refractivity contribution in [3.8, 4) is 5.75 Å². The molecule has 5 nitrogen and oxygen atoms in total. The molecule has 1 saturated heterocycles. The number of methoxy groups -OCH3 is 1. The van der Waals surface area contributed by atoms with Gasteiger partial charge in [0, 0.05) is 12.6 Å². The van der Waals surface area contributed by atoms with Crippen LogP contribution in [0.15, 0.2) is 6.33 Å². The first-order valence-corrected chi connectivity index (χ1v) is 6.08. The van der Waals surface area contributed by atoms with Crippen LogP contribution in [-0.4, -0.2) is 48.2 Å². The second-order valence-electron chi connectivity index (χ2n) is 4.29. The van der Waals surface area contributed by atoms with Gasteiger partial charge in [-0.1, -0.05) is 11.6 Å². The minimum atomic E-state index is 0.342. The highest BCUT2D eigenvalue weighted by molar-refractivity contribution is 6.31. The maximum atomic E-state index is 5.95. The van der Waals surface area contributed by atoms with E-state index in [4.69, 9.17) is 16.3 Å². The molecule has 6 heteroatoms. The quantitative estimate of drug-likeness (QED) is 0.834. The van der Waals surface area contributed by atoms with Gasteiger partial charge in [-0.25, -0.2) is 9.97 Å². The van der Waals surface area contributed by atoms with Crippen molar-refractivity contribution in [1.82, 2.24) is 14.9 Å². The Bertz CT molecular complexity index is 388. The van der Waals surface area contributed by atoms with Gasteiger partial charge in [-0.2, -0.15) is 0 Å². The maximum absolute atomic E-state index is 5.95. The van der Waals surface area contributed by atoms with Crippen LogP contribution in [0.1, 0.15) is 12.8 Å². The lowest BCUT2D eigenvalue weighted by molar-refractivity contribution is 0.260. The predicted octanol–water partition coefficient (Wildman–Crippen LogP) is 1.64. The Morgan fingerprint density at radius 1 is 1.53 bits per heavy atom. The zero-order valence-electron chi connectivity index (χ0n) is 10.1. The first-order chi connectivity index (χ1) is 8.20. The summed E-state index contributed by atoms with van der Waals surface area (Å²) in [4.78, 5) is 10.4. The van der Waals surface area contributed by atoms with Gasteiger partial charge in [0.05, 0.1) is 7.11 Å². The first-order valence-electron chi connectivity index (χ1n) is 5.70. The summed E-state index contributed by atoms with van der Waals surface area (Å²) in [6.45, 7) is 2.16. The molecular formula is C11H17ClN4O. The van der Waals surface area contributed by atoms with Gasteiger partial charge >= 0.3 is 0 Å². The minimum absolute atomic E-state index is 0.342. The summed E-state index contributed by atoms with van der Waals surface area (Å²) in [6, 6.07) is 0.383. The Labute approximate surface area is 106 Å². The lowest BCUT2D eigenvalue weighted by Crippen LogP contribution is -2.40. The fourth-order valence-electron chi connectivity index (χ4n) is 2.11. The molecule has 1 atom stereocenters. The number of likely N-dealkylation sites (tertiary alicyclic amines) is 1. The van der Waals surface area contributed by atoms with E-state index in [1.807, 2.05) is 0 Å². The van der Waals surface area contributed by atoms with Gasteiger partial charge in [-0.3, -0.25) is 0 Å². The van der Waals surface area contributed by atoms with Crippen molar-refractivity contribution in [2.24, 2.45) is 0 Å². The van der Waals surface area contributed by atoms with E-state index in [1.54, 1.807) is 7.11 Å². The standard InChI is InChI=1S/C11H17ClN4O/c1-16-5-3-4-8(6-16)15-11-9(17-2)10(12)13-7-14-11/h7-8H,3-6H2,1-2H3,(H,13,14,15). The number of hydrogen-bond acceptors (Lipinski definition) is 5. The summed E-state index contributed by atoms with van der Waals surface area (Å²) < 4.78 is 5.21. The molecule has 1 N–H and O–H groups in total. The molecule has 0 radical (unpaired) electrons. The monoisotopic (exact) mass is 256 g/mol. The number of nitrogens with one attached hydrogen (secondary N) is 1. The van der Waals surface area contributed by atoms with E-state index in [1.165, 1.54) is 12.7 Å². The van der Waals surface area contributed by atoms with E-state index in [2.05, 4.69) is 27.2 Å². The molecule has 1 aromatic heterocycles. The van der Waals surface area contributed by atoms with Gasteiger partial charge in [-0.05, 0) is 26.4 Å². The molecule has 94 valence electrons. The van der Waals surface area contributed by atoms with Crippen LogP contribution in [0, 0.1) is 0 Å². The highest BCUT2D eigenvalue weighted by Crippen LogP contribution is 2.29. The Balaban J connectivity index is 2.10. The van der Waals surface area contributed by atoms with Gasteiger partial charge in [0.2, 0.25) is 0 Å². The van der Waals surface area contributed by atoms with Gasteiger partial charge in [0.15, 0.2) is 16.7 Å². The molecule has 0 saturated carbocycles. The van der Waals surface area contributed by atoms with Crippen molar-refractivity contribution in [2.75, 3.05) is 32.6 Å². The van der Waals surface area contributed by atoms with E-state index in [9.17, 15) is 0 Å². The number of anilines is 1.